The van der Waals surface area contributed by atoms with E-state index >= 15 is 0 Å². The van der Waals surface area contributed by atoms with Crippen LogP contribution < -0.4 is 0 Å². The van der Waals surface area contributed by atoms with E-state index in [4.69, 9.17) is 4.74 Å². The predicted molar refractivity (Wildman–Crippen MR) is 114 cm³/mol. The largest absolute Gasteiger partial charge is 0.500 e. The number of likely N-dealkylation sites (tertiary alicyclic amines) is 1. The predicted octanol–water partition coefficient (Wildman–Crippen LogP) is 4.98. The van der Waals surface area contributed by atoms with Gasteiger partial charge in [0.05, 0.1) is 18.8 Å². The number of benzene rings is 2. The molecule has 162 valence electrons. The fraction of sp³-hybridized carbons (Fsp3) is 0.348. The number of aliphatic carboxylic acids is 1. The molecule has 0 aromatic heterocycles. The molecule has 0 radical (unpaired) electrons. The van der Waals surface area contributed by atoms with Crippen molar-refractivity contribution in [1.29, 1.82) is 0 Å². The molecule has 2 aromatic carbocycles. The van der Waals surface area contributed by atoms with Gasteiger partial charge >= 0.3 is 5.97 Å². The molecule has 0 unspecified atom stereocenters. The number of ether oxygens (including phenoxy) is 1. The quantitative estimate of drug-likeness (QED) is 0.467. The van der Waals surface area contributed by atoms with E-state index in [1.807, 2.05) is 0 Å². The summed E-state index contributed by atoms with van der Waals surface area (Å²) >= 11 is 0. The van der Waals surface area contributed by atoms with Gasteiger partial charge in [-0.3, -0.25) is 4.79 Å². The van der Waals surface area contributed by atoms with Gasteiger partial charge in [-0.25, -0.2) is 8.78 Å². The lowest BCUT2D eigenvalue weighted by molar-refractivity contribution is -0.143. The van der Waals surface area contributed by atoms with Crippen molar-refractivity contribution in [3.05, 3.63) is 77.6 Å². The molecule has 2 aromatic rings. The zero-order valence-electron chi connectivity index (χ0n) is 16.6. The Bertz CT molecular complexity index is 793. The van der Waals surface area contributed by atoms with E-state index in [-0.39, 0.29) is 30.0 Å². The van der Waals surface area contributed by atoms with Gasteiger partial charge in [0.1, 0.15) is 11.6 Å². The molecule has 1 saturated heterocycles. The van der Waals surface area contributed by atoms with Gasteiger partial charge in [-0.05, 0) is 61.2 Å². The third kappa shape index (κ3) is 6.82. The maximum Gasteiger partial charge on any atom is 0.307 e. The molecule has 1 fully saturated rings. The first kappa shape index (κ1) is 23.8. The topological polar surface area (TPSA) is 49.8 Å². The summed E-state index contributed by atoms with van der Waals surface area (Å²) in [4.78, 5) is 13.3. The highest BCUT2D eigenvalue weighted by Gasteiger charge is 2.24. The minimum Gasteiger partial charge on any atom is -0.500 e. The van der Waals surface area contributed by atoms with E-state index in [2.05, 4.69) is 4.90 Å². The van der Waals surface area contributed by atoms with Crippen LogP contribution in [0, 0.1) is 17.6 Å². The highest BCUT2D eigenvalue weighted by atomic mass is 35.5. The average Bonchev–Trinajstić information content (AvgIpc) is 2.73. The minimum atomic E-state index is -0.725. The van der Waals surface area contributed by atoms with Crippen LogP contribution in [0.1, 0.15) is 30.4 Å². The Balaban J connectivity index is 0.00000320. The van der Waals surface area contributed by atoms with Crippen LogP contribution in [0.25, 0.3) is 5.57 Å². The lowest BCUT2D eigenvalue weighted by Gasteiger charge is -2.30. The van der Waals surface area contributed by atoms with Crippen LogP contribution in [0.3, 0.4) is 0 Å². The van der Waals surface area contributed by atoms with Crippen molar-refractivity contribution in [3.8, 4) is 0 Å². The van der Waals surface area contributed by atoms with E-state index in [0.29, 0.717) is 13.2 Å². The smallest absolute Gasteiger partial charge is 0.307 e. The lowest BCUT2D eigenvalue weighted by Crippen LogP contribution is -2.39. The summed E-state index contributed by atoms with van der Waals surface area (Å²) in [5.74, 6) is -1.66. The Hall–Kier alpha value is -2.44. The van der Waals surface area contributed by atoms with E-state index in [9.17, 15) is 18.7 Å². The Kier molecular flexibility index (Phi) is 9.27. The first-order valence-electron chi connectivity index (χ1n) is 9.82. The van der Waals surface area contributed by atoms with Gasteiger partial charge in [-0.2, -0.15) is 0 Å². The van der Waals surface area contributed by atoms with Crippen LogP contribution in [0.2, 0.25) is 0 Å². The third-order valence-electron chi connectivity index (χ3n) is 5.10. The van der Waals surface area contributed by atoms with Crippen molar-refractivity contribution in [2.24, 2.45) is 5.92 Å². The molecule has 1 aliphatic rings. The van der Waals surface area contributed by atoms with Gasteiger partial charge in [-0.15, -0.1) is 12.4 Å². The van der Waals surface area contributed by atoms with Gasteiger partial charge in [-0.1, -0.05) is 24.3 Å². The minimum absolute atomic E-state index is 0. The summed E-state index contributed by atoms with van der Waals surface area (Å²) in [6.07, 6.45) is 4.03. The van der Waals surface area contributed by atoms with Crippen molar-refractivity contribution in [3.63, 3.8) is 0 Å². The normalized spacial score (nSPS) is 16.4. The Morgan fingerprint density at radius 1 is 1.07 bits per heavy atom. The van der Waals surface area contributed by atoms with Gasteiger partial charge in [0.25, 0.3) is 0 Å². The molecule has 0 bridgehead atoms. The van der Waals surface area contributed by atoms with Gasteiger partial charge in [0.15, 0.2) is 0 Å². The SMILES string of the molecule is Cl.O=C(O)[C@@H]1CCCN(CCCOC=C(c2ccc(F)cc2)c2ccc(F)cc2)C1. The molecule has 7 heteroatoms. The number of piperidine rings is 1. The molecule has 30 heavy (non-hydrogen) atoms. The zero-order chi connectivity index (χ0) is 20.6. The third-order valence-corrected chi connectivity index (χ3v) is 5.10. The van der Waals surface area contributed by atoms with E-state index in [1.165, 1.54) is 24.3 Å². The standard InChI is InChI=1S/C23H25F2NO3.ClH/c24-20-8-4-17(5-9-20)22(18-6-10-21(25)11-7-18)16-29-14-2-13-26-12-1-3-19(15-26)23(27)28;/h4-11,16,19H,1-3,12-15H2,(H,27,28);1H/t19-;/m1./s1. The number of nitrogens with zero attached hydrogens (tertiary/aromatic N) is 1. The fourth-order valence-electron chi connectivity index (χ4n) is 3.54. The highest BCUT2D eigenvalue weighted by molar-refractivity contribution is 5.85. The molecule has 0 saturated carbocycles. The average molecular weight is 438 g/mol. The second-order valence-electron chi connectivity index (χ2n) is 7.25. The number of carboxylic acids is 1. The zero-order valence-corrected chi connectivity index (χ0v) is 17.4. The second kappa shape index (κ2) is 11.7. The van der Waals surface area contributed by atoms with E-state index in [1.54, 1.807) is 30.5 Å². The molecule has 1 aliphatic heterocycles. The van der Waals surface area contributed by atoms with Crippen molar-refractivity contribution >= 4 is 23.9 Å². The fourth-order valence-corrected chi connectivity index (χ4v) is 3.54. The van der Waals surface area contributed by atoms with E-state index in [0.717, 1.165) is 49.1 Å². The van der Waals surface area contributed by atoms with Crippen LogP contribution in [0.5, 0.6) is 0 Å². The number of carbonyl (C=O) groups is 1. The van der Waals surface area contributed by atoms with Gasteiger partial charge in [0, 0.05) is 18.7 Å². The van der Waals surface area contributed by atoms with Crippen LogP contribution in [0.4, 0.5) is 8.78 Å². The number of hydrogen-bond acceptors (Lipinski definition) is 3. The molecule has 0 spiro atoms. The van der Waals surface area contributed by atoms with Crippen molar-refractivity contribution in [2.75, 3.05) is 26.2 Å². The number of hydrogen-bond donors (Lipinski definition) is 1. The Morgan fingerprint density at radius 2 is 1.63 bits per heavy atom. The lowest BCUT2D eigenvalue weighted by atomic mass is 9.98. The van der Waals surface area contributed by atoms with Crippen LogP contribution in [0.15, 0.2) is 54.8 Å². The maximum atomic E-state index is 13.3. The molecule has 4 nitrogen and oxygen atoms in total. The Morgan fingerprint density at radius 3 is 2.17 bits per heavy atom. The number of carboxylic acid groups (broad SMARTS) is 1. The number of rotatable bonds is 8. The van der Waals surface area contributed by atoms with Crippen molar-refractivity contribution in [2.45, 2.75) is 19.3 Å². The number of halogens is 3. The molecule has 1 heterocycles. The van der Waals surface area contributed by atoms with Gasteiger partial charge < -0.3 is 14.7 Å². The van der Waals surface area contributed by atoms with Crippen LogP contribution in [-0.4, -0.2) is 42.2 Å². The summed E-state index contributed by atoms with van der Waals surface area (Å²) in [5, 5.41) is 9.17. The monoisotopic (exact) mass is 437 g/mol. The van der Waals surface area contributed by atoms with Crippen LogP contribution >= 0.6 is 12.4 Å². The summed E-state index contributed by atoms with van der Waals surface area (Å²) in [5.41, 5.74) is 2.30. The summed E-state index contributed by atoms with van der Waals surface area (Å²) < 4.78 is 32.3. The Labute approximate surface area is 181 Å². The summed E-state index contributed by atoms with van der Waals surface area (Å²) in [7, 11) is 0. The molecular weight excluding hydrogens is 412 g/mol. The second-order valence-corrected chi connectivity index (χ2v) is 7.25. The molecule has 0 amide bonds. The maximum absolute atomic E-state index is 13.3. The first-order chi connectivity index (χ1) is 14.0. The molecule has 3 rings (SSSR count). The van der Waals surface area contributed by atoms with Gasteiger partial charge in [0.2, 0.25) is 0 Å². The highest BCUT2D eigenvalue weighted by Crippen LogP contribution is 2.24. The molecular formula is C23H26ClF2NO3. The summed E-state index contributed by atoms with van der Waals surface area (Å²) in [6, 6.07) is 12.1. The van der Waals surface area contributed by atoms with Crippen molar-refractivity contribution < 1.29 is 23.4 Å². The molecule has 1 atom stereocenters. The molecule has 1 N–H and O–H groups in total. The molecule has 0 aliphatic carbocycles. The van der Waals surface area contributed by atoms with Crippen LogP contribution in [-0.2, 0) is 9.53 Å². The van der Waals surface area contributed by atoms with E-state index < -0.39 is 5.97 Å². The first-order valence-corrected chi connectivity index (χ1v) is 9.82. The summed E-state index contributed by atoms with van der Waals surface area (Å²) in [6.45, 7) is 2.75. The van der Waals surface area contributed by atoms with Crippen molar-refractivity contribution in [1.82, 2.24) is 4.90 Å².